The summed E-state index contributed by atoms with van der Waals surface area (Å²) in [5, 5.41) is 10.5. The highest BCUT2D eigenvalue weighted by molar-refractivity contribution is 7.18. The molecule has 168 valence electrons. The molecular formula is C23H20N4O5S. The third-order valence-corrected chi connectivity index (χ3v) is 5.83. The van der Waals surface area contributed by atoms with Crippen LogP contribution in [0, 0.1) is 6.92 Å². The molecule has 0 aliphatic carbocycles. The Bertz CT molecular complexity index is 1330. The van der Waals surface area contributed by atoms with Gasteiger partial charge in [0.05, 0.1) is 17.9 Å². The lowest BCUT2D eigenvalue weighted by molar-refractivity contribution is -0.119. The van der Waals surface area contributed by atoms with Gasteiger partial charge in [0.1, 0.15) is 10.7 Å². The van der Waals surface area contributed by atoms with Crippen molar-refractivity contribution >= 4 is 40.5 Å². The molecular weight excluding hydrogens is 444 g/mol. The van der Waals surface area contributed by atoms with Gasteiger partial charge in [-0.15, -0.1) is 21.5 Å². The van der Waals surface area contributed by atoms with E-state index in [1.54, 1.807) is 42.6 Å². The van der Waals surface area contributed by atoms with E-state index in [9.17, 15) is 14.4 Å². The SMILES string of the molecule is CCOC(=O)c1sc(-c2ccccc2)cc1NC(=O)COC(=O)c1ccc2nnc(C)n2c1. The predicted octanol–water partition coefficient (Wildman–Crippen LogP) is 3.74. The molecule has 0 aliphatic rings. The molecule has 4 aromatic rings. The van der Waals surface area contributed by atoms with Gasteiger partial charge in [-0.05, 0) is 37.6 Å². The number of pyridine rings is 1. The van der Waals surface area contributed by atoms with Gasteiger partial charge in [-0.3, -0.25) is 9.20 Å². The number of aryl methyl sites for hydroxylation is 1. The van der Waals surface area contributed by atoms with Gasteiger partial charge < -0.3 is 14.8 Å². The Hall–Kier alpha value is -4.05. The van der Waals surface area contributed by atoms with E-state index in [4.69, 9.17) is 9.47 Å². The Morgan fingerprint density at radius 3 is 2.58 bits per heavy atom. The lowest BCUT2D eigenvalue weighted by atomic mass is 10.2. The lowest BCUT2D eigenvalue weighted by Crippen LogP contribution is -2.22. The molecule has 33 heavy (non-hydrogen) atoms. The number of anilines is 1. The summed E-state index contributed by atoms with van der Waals surface area (Å²) in [5.41, 5.74) is 2.06. The molecule has 9 nitrogen and oxygen atoms in total. The predicted molar refractivity (Wildman–Crippen MR) is 122 cm³/mol. The van der Waals surface area contributed by atoms with Crippen LogP contribution in [0.25, 0.3) is 16.1 Å². The highest BCUT2D eigenvalue weighted by Crippen LogP contribution is 2.35. The van der Waals surface area contributed by atoms with Crippen molar-refractivity contribution in [3.63, 3.8) is 0 Å². The molecule has 4 rings (SSSR count). The molecule has 1 N–H and O–H groups in total. The van der Waals surface area contributed by atoms with Crippen molar-refractivity contribution in [1.29, 1.82) is 0 Å². The smallest absolute Gasteiger partial charge is 0.350 e. The Labute approximate surface area is 193 Å². The van der Waals surface area contributed by atoms with Crippen LogP contribution in [0.1, 0.15) is 32.8 Å². The van der Waals surface area contributed by atoms with Crippen molar-refractivity contribution in [3.8, 4) is 10.4 Å². The van der Waals surface area contributed by atoms with Crippen LogP contribution in [0.15, 0.2) is 54.7 Å². The molecule has 0 radical (unpaired) electrons. The second-order valence-electron chi connectivity index (χ2n) is 6.96. The van der Waals surface area contributed by atoms with E-state index in [-0.39, 0.29) is 17.0 Å². The molecule has 0 spiro atoms. The van der Waals surface area contributed by atoms with E-state index < -0.39 is 24.5 Å². The van der Waals surface area contributed by atoms with E-state index in [1.165, 1.54) is 11.3 Å². The van der Waals surface area contributed by atoms with Crippen molar-refractivity contribution < 1.29 is 23.9 Å². The molecule has 0 aliphatic heterocycles. The molecule has 0 unspecified atom stereocenters. The number of amides is 1. The molecule has 0 saturated heterocycles. The number of carbonyl (C=O) groups excluding carboxylic acids is 3. The highest BCUT2D eigenvalue weighted by atomic mass is 32.1. The summed E-state index contributed by atoms with van der Waals surface area (Å²) in [6, 6.07) is 14.4. The number of nitrogens with zero attached hydrogens (tertiary/aromatic N) is 3. The van der Waals surface area contributed by atoms with Crippen LogP contribution >= 0.6 is 11.3 Å². The largest absolute Gasteiger partial charge is 0.462 e. The van der Waals surface area contributed by atoms with Crippen LogP contribution in [0.4, 0.5) is 5.69 Å². The number of esters is 2. The van der Waals surface area contributed by atoms with Crippen molar-refractivity contribution in [2.24, 2.45) is 0 Å². The van der Waals surface area contributed by atoms with Crippen molar-refractivity contribution in [2.45, 2.75) is 13.8 Å². The van der Waals surface area contributed by atoms with E-state index >= 15 is 0 Å². The van der Waals surface area contributed by atoms with E-state index in [1.807, 2.05) is 30.3 Å². The summed E-state index contributed by atoms with van der Waals surface area (Å²) in [5.74, 6) is -1.15. The van der Waals surface area contributed by atoms with Crippen LogP contribution in [-0.2, 0) is 14.3 Å². The number of ether oxygens (including phenoxy) is 2. The van der Waals surface area contributed by atoms with Crippen LogP contribution in [0.5, 0.6) is 0 Å². The fourth-order valence-electron chi connectivity index (χ4n) is 3.10. The third-order valence-electron chi connectivity index (χ3n) is 4.67. The van der Waals surface area contributed by atoms with Gasteiger partial charge in [0.15, 0.2) is 12.3 Å². The summed E-state index contributed by atoms with van der Waals surface area (Å²) < 4.78 is 11.9. The number of fused-ring (bicyclic) bond motifs is 1. The van der Waals surface area contributed by atoms with Gasteiger partial charge in [-0.2, -0.15) is 0 Å². The number of rotatable bonds is 7. The third kappa shape index (κ3) is 4.90. The zero-order chi connectivity index (χ0) is 23.4. The maximum absolute atomic E-state index is 12.5. The van der Waals surface area contributed by atoms with Crippen LogP contribution in [-0.4, -0.2) is 45.7 Å². The number of nitrogens with one attached hydrogen (secondary N) is 1. The molecule has 0 fully saturated rings. The van der Waals surface area contributed by atoms with Gasteiger partial charge >= 0.3 is 11.9 Å². The first-order valence-electron chi connectivity index (χ1n) is 10.1. The first kappa shape index (κ1) is 22.2. The minimum absolute atomic E-state index is 0.207. The number of aromatic nitrogens is 3. The summed E-state index contributed by atoms with van der Waals surface area (Å²) in [6.07, 6.45) is 1.55. The molecule has 10 heteroatoms. The monoisotopic (exact) mass is 464 g/mol. The quantitative estimate of drug-likeness (QED) is 0.415. The Morgan fingerprint density at radius 1 is 1.03 bits per heavy atom. The van der Waals surface area contributed by atoms with E-state index in [0.29, 0.717) is 17.2 Å². The first-order chi connectivity index (χ1) is 16.0. The van der Waals surface area contributed by atoms with Crippen molar-refractivity contribution in [3.05, 3.63) is 71.0 Å². The normalized spacial score (nSPS) is 10.7. The average Bonchev–Trinajstić information content (AvgIpc) is 3.41. The Kier molecular flexibility index (Phi) is 6.45. The number of hydrogen-bond acceptors (Lipinski definition) is 8. The molecule has 3 heterocycles. The maximum Gasteiger partial charge on any atom is 0.350 e. The van der Waals surface area contributed by atoms with Crippen molar-refractivity contribution in [1.82, 2.24) is 14.6 Å². The van der Waals surface area contributed by atoms with Crippen LogP contribution < -0.4 is 5.32 Å². The molecule has 0 bridgehead atoms. The van der Waals surface area contributed by atoms with Crippen LogP contribution in [0.2, 0.25) is 0 Å². The second kappa shape index (κ2) is 9.61. The number of hydrogen-bond donors (Lipinski definition) is 1. The molecule has 0 atom stereocenters. The molecule has 3 aromatic heterocycles. The van der Waals surface area contributed by atoms with Gasteiger partial charge in [0, 0.05) is 11.1 Å². The van der Waals surface area contributed by atoms with Gasteiger partial charge in [-0.25, -0.2) is 9.59 Å². The summed E-state index contributed by atoms with van der Waals surface area (Å²) in [4.78, 5) is 38.3. The zero-order valence-electron chi connectivity index (χ0n) is 17.9. The molecule has 0 saturated carbocycles. The van der Waals surface area contributed by atoms with Gasteiger partial charge in [-0.1, -0.05) is 30.3 Å². The summed E-state index contributed by atoms with van der Waals surface area (Å²) >= 11 is 1.22. The zero-order valence-corrected chi connectivity index (χ0v) is 18.7. The van der Waals surface area contributed by atoms with Gasteiger partial charge in [0.2, 0.25) is 0 Å². The Balaban J connectivity index is 1.46. The topological polar surface area (TPSA) is 112 Å². The number of thiophene rings is 1. The fourth-order valence-corrected chi connectivity index (χ4v) is 4.12. The number of carbonyl (C=O) groups is 3. The maximum atomic E-state index is 12.5. The van der Waals surface area contributed by atoms with Gasteiger partial charge in [0.25, 0.3) is 5.91 Å². The second-order valence-corrected chi connectivity index (χ2v) is 8.01. The minimum Gasteiger partial charge on any atom is -0.462 e. The average molecular weight is 465 g/mol. The molecule has 1 aromatic carbocycles. The summed E-state index contributed by atoms with van der Waals surface area (Å²) in [7, 11) is 0. The fraction of sp³-hybridized carbons (Fsp3) is 0.174. The number of benzene rings is 1. The Morgan fingerprint density at radius 2 is 1.82 bits per heavy atom. The van der Waals surface area contributed by atoms with Crippen molar-refractivity contribution in [2.75, 3.05) is 18.5 Å². The first-order valence-corrected chi connectivity index (χ1v) is 10.9. The lowest BCUT2D eigenvalue weighted by Gasteiger charge is -2.07. The van der Waals surface area contributed by atoms with E-state index in [2.05, 4.69) is 15.5 Å². The highest BCUT2D eigenvalue weighted by Gasteiger charge is 2.21. The molecule has 1 amide bonds. The van der Waals surface area contributed by atoms with Crippen LogP contribution in [0.3, 0.4) is 0 Å². The minimum atomic E-state index is -0.666. The summed E-state index contributed by atoms with van der Waals surface area (Å²) in [6.45, 7) is 3.16. The standard InChI is InChI=1S/C23H20N4O5S/c1-3-31-23(30)21-17(11-18(33-21)15-7-5-4-6-8-15)24-20(28)13-32-22(29)16-9-10-19-26-25-14(2)27(19)12-16/h4-12H,3,13H2,1-2H3,(H,24,28). The van der Waals surface area contributed by atoms with E-state index in [0.717, 1.165) is 10.4 Å².